The number of alkyl halides is 3. The topological polar surface area (TPSA) is 52.0 Å². The molecule has 2 aromatic heterocycles. The van der Waals surface area contributed by atoms with Gasteiger partial charge in [0, 0.05) is 36.2 Å². The molecule has 0 saturated carbocycles. The number of nitrogens with zero attached hydrogens (tertiary/aromatic N) is 2. The predicted molar refractivity (Wildman–Crippen MR) is 111 cm³/mol. The minimum atomic E-state index is -4.45. The number of halogens is 3. The van der Waals surface area contributed by atoms with Gasteiger partial charge in [0.2, 0.25) is 0 Å². The van der Waals surface area contributed by atoms with E-state index in [4.69, 9.17) is 0 Å². The molecule has 0 N–H and O–H groups in total. The summed E-state index contributed by atoms with van der Waals surface area (Å²) in [6, 6.07) is 0. The van der Waals surface area contributed by atoms with Crippen LogP contribution in [0.5, 0.6) is 0 Å². The van der Waals surface area contributed by atoms with Crippen molar-refractivity contribution in [2.24, 2.45) is 0 Å². The van der Waals surface area contributed by atoms with Crippen molar-refractivity contribution in [3.63, 3.8) is 0 Å². The minimum Gasteiger partial charge on any atom is -0.294 e. The van der Waals surface area contributed by atoms with Gasteiger partial charge in [0.1, 0.15) is 0 Å². The lowest BCUT2D eigenvalue weighted by Crippen LogP contribution is -2.13. The molecule has 2 aliphatic carbocycles. The van der Waals surface area contributed by atoms with Crippen LogP contribution in [0.15, 0.2) is 4.21 Å². The van der Waals surface area contributed by atoms with Crippen LogP contribution in [-0.4, -0.2) is 27.6 Å². The Labute approximate surface area is 181 Å². The number of ketones is 2. The first kappa shape index (κ1) is 21.6. The van der Waals surface area contributed by atoms with Crippen molar-refractivity contribution in [2.75, 3.05) is 6.26 Å². The lowest BCUT2D eigenvalue weighted by Gasteiger charge is -2.15. The van der Waals surface area contributed by atoms with E-state index in [0.717, 1.165) is 41.0 Å². The van der Waals surface area contributed by atoms with Gasteiger partial charge in [0.25, 0.3) is 0 Å². The smallest absolute Gasteiger partial charge is 0.294 e. The average molecular weight is 457 g/mol. The van der Waals surface area contributed by atoms with Gasteiger partial charge < -0.3 is 0 Å². The zero-order chi connectivity index (χ0) is 21.5. The second-order valence-corrected chi connectivity index (χ2v) is 9.88. The van der Waals surface area contributed by atoms with E-state index in [-0.39, 0.29) is 18.0 Å². The number of thioether (sulfide) groups is 1. The summed E-state index contributed by atoms with van der Waals surface area (Å²) >= 11 is 2.88. The Morgan fingerprint density at radius 1 is 1.13 bits per heavy atom. The number of hydrogen-bond donors (Lipinski definition) is 0. The fourth-order valence-corrected chi connectivity index (χ4v) is 6.56. The van der Waals surface area contributed by atoms with Gasteiger partial charge in [-0.25, -0.2) is 0 Å². The van der Waals surface area contributed by atoms with Crippen molar-refractivity contribution in [3.8, 4) is 0 Å². The van der Waals surface area contributed by atoms with E-state index in [1.165, 1.54) is 27.8 Å². The third kappa shape index (κ3) is 3.98. The Hall–Kier alpha value is -1.61. The van der Waals surface area contributed by atoms with E-state index in [1.54, 1.807) is 0 Å². The van der Waals surface area contributed by atoms with Crippen molar-refractivity contribution in [3.05, 3.63) is 33.0 Å². The highest BCUT2D eigenvalue weighted by Gasteiger charge is 2.39. The van der Waals surface area contributed by atoms with E-state index >= 15 is 0 Å². The number of hydrogen-bond acceptors (Lipinski definition) is 5. The molecule has 0 amide bonds. The summed E-state index contributed by atoms with van der Waals surface area (Å²) in [5.74, 6) is 0.0852. The van der Waals surface area contributed by atoms with Gasteiger partial charge >= 0.3 is 6.18 Å². The predicted octanol–water partition coefficient (Wildman–Crippen LogP) is 5.75. The van der Waals surface area contributed by atoms with Crippen molar-refractivity contribution in [1.29, 1.82) is 0 Å². The summed E-state index contributed by atoms with van der Waals surface area (Å²) in [6.45, 7) is 0.298. The van der Waals surface area contributed by atoms with Gasteiger partial charge in [-0.15, -0.1) is 23.1 Å². The van der Waals surface area contributed by atoms with Gasteiger partial charge in [-0.05, 0) is 56.8 Å². The Morgan fingerprint density at radius 3 is 2.60 bits per heavy atom. The number of aromatic nitrogens is 2. The highest BCUT2D eigenvalue weighted by atomic mass is 32.2. The maximum atomic E-state index is 13.3. The van der Waals surface area contributed by atoms with E-state index in [2.05, 4.69) is 5.10 Å². The second-order valence-electron chi connectivity index (χ2n) is 7.78. The monoisotopic (exact) mass is 456 g/mol. The highest BCUT2D eigenvalue weighted by molar-refractivity contribution is 8.00. The summed E-state index contributed by atoms with van der Waals surface area (Å²) < 4.78 is 42.4. The Balaban J connectivity index is 1.49. The number of thiophene rings is 1. The molecule has 0 aromatic carbocycles. The van der Waals surface area contributed by atoms with Crippen molar-refractivity contribution in [1.82, 2.24) is 9.78 Å². The molecule has 162 valence electrons. The molecule has 2 aromatic rings. The quantitative estimate of drug-likeness (QED) is 0.411. The van der Waals surface area contributed by atoms with Gasteiger partial charge in [0.05, 0.1) is 9.09 Å². The van der Waals surface area contributed by atoms with Gasteiger partial charge in [-0.2, -0.15) is 18.3 Å². The second kappa shape index (κ2) is 8.49. The van der Waals surface area contributed by atoms with Crippen LogP contribution in [0.2, 0.25) is 0 Å². The molecule has 2 aliphatic rings. The fourth-order valence-electron chi connectivity index (χ4n) is 4.47. The third-order valence-corrected chi connectivity index (χ3v) is 8.21. The van der Waals surface area contributed by atoms with Crippen LogP contribution in [0.25, 0.3) is 0 Å². The maximum Gasteiger partial charge on any atom is 0.435 e. The number of aryl methyl sites for hydroxylation is 1. The van der Waals surface area contributed by atoms with Crippen LogP contribution in [0.4, 0.5) is 13.2 Å². The molecule has 9 heteroatoms. The zero-order valence-corrected chi connectivity index (χ0v) is 18.4. The van der Waals surface area contributed by atoms with E-state index in [9.17, 15) is 22.8 Å². The molecule has 4 nitrogen and oxygen atoms in total. The summed E-state index contributed by atoms with van der Waals surface area (Å²) in [4.78, 5) is 25.8. The fraction of sp³-hybridized carbons (Fsp3) is 0.571. The van der Waals surface area contributed by atoms with Crippen LogP contribution < -0.4 is 0 Å². The minimum absolute atomic E-state index is 0.0247. The van der Waals surface area contributed by atoms with Crippen molar-refractivity contribution < 1.29 is 22.8 Å². The molecular formula is C21H23F3N2O2S2. The molecule has 30 heavy (non-hydrogen) atoms. The first-order valence-corrected chi connectivity index (χ1v) is 12.3. The van der Waals surface area contributed by atoms with Crippen molar-refractivity contribution >= 4 is 34.7 Å². The number of carbonyl (C=O) groups excluding carboxylic acids is 2. The molecular weight excluding hydrogens is 433 g/mol. The molecule has 2 heterocycles. The molecule has 0 unspecified atom stereocenters. The first-order valence-electron chi connectivity index (χ1n) is 10.2. The number of carbonyl (C=O) groups is 2. The van der Waals surface area contributed by atoms with E-state index < -0.39 is 11.9 Å². The SMILES string of the molecule is CSc1sc(C(=O)CCCn2nc(C(F)(F)F)c3c2CCCC3)c2c1C(=O)CCC2. The zero-order valence-electron chi connectivity index (χ0n) is 16.7. The van der Waals surface area contributed by atoms with Crippen LogP contribution >= 0.6 is 23.1 Å². The molecule has 0 saturated heterocycles. The number of rotatable bonds is 6. The number of Topliss-reactive ketones (excluding diaryl/α,β-unsaturated/α-hetero) is 2. The molecule has 4 rings (SSSR count). The molecule has 0 aliphatic heterocycles. The third-order valence-electron chi connectivity index (χ3n) is 5.82. The maximum absolute atomic E-state index is 13.3. The first-order chi connectivity index (χ1) is 14.3. The van der Waals surface area contributed by atoms with Crippen LogP contribution in [0.1, 0.15) is 81.1 Å². The molecule has 0 spiro atoms. The van der Waals surface area contributed by atoms with Gasteiger partial charge in [-0.1, -0.05) is 0 Å². The molecule has 0 bridgehead atoms. The van der Waals surface area contributed by atoms with Crippen LogP contribution in [-0.2, 0) is 32.0 Å². The normalized spacial score (nSPS) is 16.5. The average Bonchev–Trinajstić information content (AvgIpc) is 3.27. The highest BCUT2D eigenvalue weighted by Crippen LogP contribution is 2.40. The Morgan fingerprint density at radius 2 is 1.87 bits per heavy atom. The van der Waals surface area contributed by atoms with E-state index in [0.29, 0.717) is 48.4 Å². The molecule has 0 radical (unpaired) electrons. The summed E-state index contributed by atoms with van der Waals surface area (Å²) in [5, 5.41) is 3.87. The largest absolute Gasteiger partial charge is 0.435 e. The van der Waals surface area contributed by atoms with Crippen LogP contribution in [0.3, 0.4) is 0 Å². The Kier molecular flexibility index (Phi) is 6.12. The number of fused-ring (bicyclic) bond motifs is 2. The van der Waals surface area contributed by atoms with Gasteiger partial charge in [0.15, 0.2) is 17.3 Å². The Bertz CT molecular complexity index is 992. The summed E-state index contributed by atoms with van der Waals surface area (Å²) in [6.07, 6.45) is 2.78. The summed E-state index contributed by atoms with van der Waals surface area (Å²) in [7, 11) is 0. The molecule has 0 atom stereocenters. The summed E-state index contributed by atoms with van der Waals surface area (Å²) in [5.41, 5.74) is 1.83. The van der Waals surface area contributed by atoms with E-state index in [1.807, 2.05) is 6.26 Å². The lowest BCUT2D eigenvalue weighted by atomic mass is 9.91. The van der Waals surface area contributed by atoms with Crippen LogP contribution in [0, 0.1) is 0 Å². The standard InChI is InChI=1S/C21H23F3N2O2S2/c1-29-20-17-13(7-4-9-15(17)27)18(30-20)16(28)10-5-11-26-14-8-3-2-6-12(14)19(25-26)21(22,23)24/h2-11H2,1H3. The van der Waals surface area contributed by atoms with Gasteiger partial charge in [-0.3, -0.25) is 14.3 Å². The molecule has 0 fully saturated rings. The lowest BCUT2D eigenvalue weighted by molar-refractivity contribution is -0.142. The van der Waals surface area contributed by atoms with Crippen molar-refractivity contribution in [2.45, 2.75) is 74.7 Å².